The molecule has 0 amide bonds. The van der Waals surface area contributed by atoms with Crippen LogP contribution in [0, 0.1) is 6.92 Å². The number of nitrogens with zero attached hydrogens (tertiary/aromatic N) is 1. The Morgan fingerprint density at radius 3 is 2.43 bits per heavy atom. The molecule has 0 radical (unpaired) electrons. The van der Waals surface area contributed by atoms with E-state index in [0.29, 0.717) is 10.7 Å². The smallest absolute Gasteiger partial charge is 0.200 e. The molecule has 21 heavy (non-hydrogen) atoms. The Labute approximate surface area is 129 Å². The van der Waals surface area contributed by atoms with Gasteiger partial charge in [-0.05, 0) is 43.7 Å². The van der Waals surface area contributed by atoms with Gasteiger partial charge in [0.15, 0.2) is 0 Å². The maximum atomic E-state index is 12.1. The monoisotopic (exact) mass is 322 g/mol. The van der Waals surface area contributed by atoms with Gasteiger partial charge in [-0.1, -0.05) is 41.4 Å². The lowest BCUT2D eigenvalue weighted by molar-refractivity contribution is 0.584. The van der Waals surface area contributed by atoms with Gasteiger partial charge in [0.25, 0.3) is 10.0 Å². The van der Waals surface area contributed by atoms with Gasteiger partial charge in [0.05, 0.1) is 10.6 Å². The largest absolute Gasteiger partial charge is 0.276 e. The molecule has 0 spiro atoms. The first-order valence-electron chi connectivity index (χ1n) is 6.27. The average Bonchev–Trinajstić information content (AvgIpc) is 2.45. The van der Waals surface area contributed by atoms with Crippen LogP contribution < -0.4 is 4.83 Å². The molecule has 0 aliphatic rings. The van der Waals surface area contributed by atoms with Crippen molar-refractivity contribution in [3.05, 3.63) is 64.7 Å². The van der Waals surface area contributed by atoms with Crippen molar-refractivity contribution in [3.63, 3.8) is 0 Å². The second-order valence-electron chi connectivity index (χ2n) is 4.62. The lowest BCUT2D eigenvalue weighted by Gasteiger charge is -2.06. The van der Waals surface area contributed by atoms with Gasteiger partial charge in [0.2, 0.25) is 0 Å². The van der Waals surface area contributed by atoms with E-state index in [1.165, 1.54) is 0 Å². The molecule has 0 saturated heterocycles. The molecular weight excluding hydrogens is 308 g/mol. The molecule has 0 atom stereocenters. The van der Waals surface area contributed by atoms with Crippen molar-refractivity contribution in [2.24, 2.45) is 5.10 Å². The molecule has 0 heterocycles. The summed E-state index contributed by atoms with van der Waals surface area (Å²) in [5, 5.41) is 4.50. The van der Waals surface area contributed by atoms with E-state index >= 15 is 0 Å². The van der Waals surface area contributed by atoms with Crippen molar-refractivity contribution in [2.75, 3.05) is 0 Å². The fourth-order valence-corrected chi connectivity index (χ4v) is 2.72. The average molecular weight is 323 g/mol. The van der Waals surface area contributed by atoms with E-state index in [4.69, 9.17) is 11.6 Å². The molecule has 0 aromatic heterocycles. The fourth-order valence-electron chi connectivity index (χ4n) is 1.68. The number of sulfonamides is 1. The lowest BCUT2D eigenvalue weighted by atomic mass is 10.1. The van der Waals surface area contributed by atoms with Gasteiger partial charge in [0.1, 0.15) is 0 Å². The zero-order valence-electron chi connectivity index (χ0n) is 11.7. The second-order valence-corrected chi connectivity index (χ2v) is 6.71. The van der Waals surface area contributed by atoms with Crippen LogP contribution in [0.25, 0.3) is 0 Å². The van der Waals surface area contributed by atoms with Crippen molar-refractivity contribution in [1.82, 2.24) is 4.83 Å². The van der Waals surface area contributed by atoms with Gasteiger partial charge in [-0.3, -0.25) is 0 Å². The molecule has 2 rings (SSSR count). The van der Waals surface area contributed by atoms with Gasteiger partial charge in [-0.25, -0.2) is 0 Å². The van der Waals surface area contributed by atoms with E-state index in [2.05, 4.69) is 9.93 Å². The quantitative estimate of drug-likeness (QED) is 0.693. The van der Waals surface area contributed by atoms with Crippen LogP contribution in [-0.2, 0) is 10.0 Å². The highest BCUT2D eigenvalue weighted by molar-refractivity contribution is 7.89. The Bertz CT molecular complexity index is 769. The summed E-state index contributed by atoms with van der Waals surface area (Å²) in [5.41, 5.74) is 2.29. The molecule has 0 bridgehead atoms. The molecule has 4 nitrogen and oxygen atoms in total. The van der Waals surface area contributed by atoms with Crippen LogP contribution in [-0.4, -0.2) is 14.1 Å². The lowest BCUT2D eigenvalue weighted by Crippen LogP contribution is -2.19. The predicted molar refractivity (Wildman–Crippen MR) is 85.2 cm³/mol. The molecule has 0 saturated carbocycles. The molecule has 2 aromatic carbocycles. The number of halogens is 1. The first kappa shape index (κ1) is 15.5. The zero-order chi connectivity index (χ0) is 15.5. The standard InChI is InChI=1S/C15H15ClN2O2S/c1-11-6-8-15(9-7-11)21(19,20)18-17-12(2)13-4-3-5-14(16)10-13/h3-10,18H,1-2H3/b17-12-. The van der Waals surface area contributed by atoms with Crippen molar-refractivity contribution < 1.29 is 8.42 Å². The van der Waals surface area contributed by atoms with Crippen LogP contribution in [0.15, 0.2) is 58.5 Å². The molecular formula is C15H15ClN2O2S. The summed E-state index contributed by atoms with van der Waals surface area (Å²) in [4.78, 5) is 2.41. The minimum absolute atomic E-state index is 0.177. The summed E-state index contributed by atoms with van der Waals surface area (Å²) < 4.78 is 24.2. The molecule has 0 fully saturated rings. The van der Waals surface area contributed by atoms with Crippen LogP contribution in [0.4, 0.5) is 0 Å². The molecule has 2 aromatic rings. The fraction of sp³-hybridized carbons (Fsp3) is 0.133. The Morgan fingerprint density at radius 2 is 1.81 bits per heavy atom. The zero-order valence-corrected chi connectivity index (χ0v) is 13.2. The van der Waals surface area contributed by atoms with Gasteiger partial charge in [-0.2, -0.15) is 18.4 Å². The maximum Gasteiger partial charge on any atom is 0.276 e. The summed E-state index contributed by atoms with van der Waals surface area (Å²) in [6.45, 7) is 3.61. The minimum Gasteiger partial charge on any atom is -0.200 e. The van der Waals surface area contributed by atoms with Crippen molar-refractivity contribution in [1.29, 1.82) is 0 Å². The second kappa shape index (κ2) is 6.28. The molecule has 0 aliphatic carbocycles. The topological polar surface area (TPSA) is 58.5 Å². The molecule has 0 unspecified atom stereocenters. The number of hydrogen-bond acceptors (Lipinski definition) is 3. The van der Waals surface area contributed by atoms with Crippen LogP contribution in [0.3, 0.4) is 0 Å². The highest BCUT2D eigenvalue weighted by Crippen LogP contribution is 2.12. The van der Waals surface area contributed by atoms with E-state index in [1.807, 2.05) is 13.0 Å². The number of nitrogens with one attached hydrogen (secondary N) is 1. The van der Waals surface area contributed by atoms with Gasteiger partial charge < -0.3 is 0 Å². The molecule has 0 aliphatic heterocycles. The predicted octanol–water partition coefficient (Wildman–Crippen LogP) is 3.35. The van der Waals surface area contributed by atoms with Crippen molar-refractivity contribution >= 4 is 27.3 Å². The molecule has 110 valence electrons. The summed E-state index contributed by atoms with van der Waals surface area (Å²) >= 11 is 5.90. The van der Waals surface area contributed by atoms with Crippen molar-refractivity contribution in [3.8, 4) is 0 Å². The molecule has 6 heteroatoms. The summed E-state index contributed by atoms with van der Waals surface area (Å²) in [5.74, 6) is 0. The normalized spacial score (nSPS) is 12.2. The molecule has 1 N–H and O–H groups in total. The van der Waals surface area contributed by atoms with E-state index in [9.17, 15) is 8.42 Å². The Kier molecular flexibility index (Phi) is 4.65. The van der Waals surface area contributed by atoms with E-state index in [0.717, 1.165) is 11.1 Å². The number of rotatable bonds is 4. The number of benzene rings is 2. The van der Waals surface area contributed by atoms with Gasteiger partial charge in [0, 0.05) is 5.02 Å². The Morgan fingerprint density at radius 1 is 1.14 bits per heavy atom. The third-order valence-electron chi connectivity index (χ3n) is 2.91. The number of aryl methyl sites for hydroxylation is 1. The number of hydrazone groups is 1. The van der Waals surface area contributed by atoms with Crippen LogP contribution in [0.1, 0.15) is 18.1 Å². The minimum atomic E-state index is -3.66. The Balaban J connectivity index is 2.21. The van der Waals surface area contributed by atoms with Crippen LogP contribution in [0.5, 0.6) is 0 Å². The van der Waals surface area contributed by atoms with Gasteiger partial charge in [-0.15, -0.1) is 0 Å². The first-order chi connectivity index (χ1) is 9.88. The summed E-state index contributed by atoms with van der Waals surface area (Å²) in [6.07, 6.45) is 0. The van der Waals surface area contributed by atoms with Crippen LogP contribution >= 0.6 is 11.6 Å². The van der Waals surface area contributed by atoms with Gasteiger partial charge >= 0.3 is 0 Å². The SMILES string of the molecule is C/C(=N/NS(=O)(=O)c1ccc(C)cc1)c1cccc(Cl)c1. The first-order valence-corrected chi connectivity index (χ1v) is 8.13. The number of hydrogen-bond donors (Lipinski definition) is 1. The Hall–Kier alpha value is -1.85. The van der Waals surface area contributed by atoms with E-state index < -0.39 is 10.0 Å². The maximum absolute atomic E-state index is 12.1. The van der Waals surface area contributed by atoms with Crippen molar-refractivity contribution in [2.45, 2.75) is 18.7 Å². The van der Waals surface area contributed by atoms with E-state index in [1.54, 1.807) is 49.4 Å². The highest BCUT2D eigenvalue weighted by atomic mass is 35.5. The summed E-state index contributed by atoms with van der Waals surface area (Å²) in [6, 6.07) is 13.6. The third kappa shape index (κ3) is 4.06. The van der Waals surface area contributed by atoms with Crippen LogP contribution in [0.2, 0.25) is 5.02 Å². The van der Waals surface area contributed by atoms with E-state index in [-0.39, 0.29) is 4.90 Å². The highest BCUT2D eigenvalue weighted by Gasteiger charge is 2.12. The summed E-state index contributed by atoms with van der Waals surface area (Å²) in [7, 11) is -3.66. The third-order valence-corrected chi connectivity index (χ3v) is 4.37.